The van der Waals surface area contributed by atoms with E-state index >= 15 is 0 Å². The summed E-state index contributed by atoms with van der Waals surface area (Å²) in [4.78, 5) is 4.24. The maximum Gasteiger partial charge on any atom is 0.130 e. The first-order chi connectivity index (χ1) is 7.78. The van der Waals surface area contributed by atoms with E-state index in [2.05, 4.69) is 10.3 Å². The van der Waals surface area contributed by atoms with E-state index in [1.54, 1.807) is 6.20 Å². The molecule has 0 aliphatic heterocycles. The Hall–Kier alpha value is -1.58. The first kappa shape index (κ1) is 10.9. The molecule has 2 rings (SSSR count). The summed E-state index contributed by atoms with van der Waals surface area (Å²) in [6, 6.07) is 11.3. The fourth-order valence-corrected chi connectivity index (χ4v) is 1.43. The van der Waals surface area contributed by atoms with Gasteiger partial charge >= 0.3 is 0 Å². The highest BCUT2D eigenvalue weighted by atomic mass is 35.5. The summed E-state index contributed by atoms with van der Waals surface area (Å²) in [7, 11) is 0. The Morgan fingerprint density at radius 1 is 1.12 bits per heavy atom. The Morgan fingerprint density at radius 2 is 1.88 bits per heavy atom. The number of halogens is 1. The van der Waals surface area contributed by atoms with Crippen LogP contribution >= 0.6 is 11.6 Å². The molecule has 3 N–H and O–H groups in total. The third-order valence-electron chi connectivity index (χ3n) is 2.18. The minimum Gasteiger partial charge on any atom is -0.340 e. The molecule has 82 valence electrons. The SMILES string of the molecule is NCc1ccc(Nc2ccc(Cl)cc2)nc1. The number of nitrogens with one attached hydrogen (secondary N) is 1. The smallest absolute Gasteiger partial charge is 0.130 e. The van der Waals surface area contributed by atoms with Crippen molar-refractivity contribution in [2.45, 2.75) is 6.54 Å². The fourth-order valence-electron chi connectivity index (χ4n) is 1.30. The van der Waals surface area contributed by atoms with Gasteiger partial charge in [-0.25, -0.2) is 4.98 Å². The molecule has 1 aromatic heterocycles. The van der Waals surface area contributed by atoms with Gasteiger partial charge in [-0.15, -0.1) is 0 Å². The first-order valence-corrected chi connectivity index (χ1v) is 5.33. The van der Waals surface area contributed by atoms with Gasteiger partial charge in [0.25, 0.3) is 0 Å². The average molecular weight is 234 g/mol. The summed E-state index contributed by atoms with van der Waals surface area (Å²) >= 11 is 5.80. The summed E-state index contributed by atoms with van der Waals surface area (Å²) in [5.74, 6) is 0.791. The summed E-state index contributed by atoms with van der Waals surface area (Å²) in [6.45, 7) is 0.508. The van der Waals surface area contributed by atoms with Crippen LogP contribution in [0.25, 0.3) is 0 Å². The van der Waals surface area contributed by atoms with Gasteiger partial charge < -0.3 is 11.1 Å². The number of anilines is 2. The van der Waals surface area contributed by atoms with Gasteiger partial charge in [0.05, 0.1) is 0 Å². The number of nitrogens with two attached hydrogens (primary N) is 1. The Labute approximate surface area is 99.3 Å². The molecular formula is C12H12ClN3. The van der Waals surface area contributed by atoms with E-state index in [1.807, 2.05) is 36.4 Å². The van der Waals surface area contributed by atoms with Gasteiger partial charge in [0.2, 0.25) is 0 Å². The van der Waals surface area contributed by atoms with Crippen LogP contribution in [-0.2, 0) is 6.54 Å². The second-order valence-corrected chi connectivity index (χ2v) is 3.82. The van der Waals surface area contributed by atoms with Gasteiger partial charge in [-0.1, -0.05) is 17.7 Å². The topological polar surface area (TPSA) is 50.9 Å². The molecule has 1 heterocycles. The van der Waals surface area contributed by atoms with Crippen molar-refractivity contribution in [1.29, 1.82) is 0 Å². The number of rotatable bonds is 3. The van der Waals surface area contributed by atoms with Crippen molar-refractivity contribution in [1.82, 2.24) is 4.98 Å². The zero-order valence-corrected chi connectivity index (χ0v) is 9.41. The van der Waals surface area contributed by atoms with Crippen molar-refractivity contribution in [3.8, 4) is 0 Å². The molecule has 0 saturated carbocycles. The molecule has 0 spiro atoms. The van der Waals surface area contributed by atoms with Gasteiger partial charge in [-0.2, -0.15) is 0 Å². The van der Waals surface area contributed by atoms with Gasteiger partial charge in [0.15, 0.2) is 0 Å². The predicted molar refractivity (Wildman–Crippen MR) is 66.9 cm³/mol. The lowest BCUT2D eigenvalue weighted by Crippen LogP contribution is -1.98. The second kappa shape index (κ2) is 4.96. The molecule has 0 amide bonds. The maximum atomic E-state index is 5.80. The standard InChI is InChI=1S/C12H12ClN3/c13-10-2-4-11(5-3-10)16-12-6-1-9(7-14)8-15-12/h1-6,8H,7,14H2,(H,15,16). The highest BCUT2D eigenvalue weighted by Crippen LogP contribution is 2.17. The first-order valence-electron chi connectivity index (χ1n) is 4.95. The Kier molecular flexibility index (Phi) is 3.39. The molecule has 0 unspecified atom stereocenters. The zero-order chi connectivity index (χ0) is 11.4. The molecule has 0 aliphatic rings. The maximum absolute atomic E-state index is 5.80. The highest BCUT2D eigenvalue weighted by molar-refractivity contribution is 6.30. The van der Waals surface area contributed by atoms with Crippen LogP contribution in [-0.4, -0.2) is 4.98 Å². The van der Waals surface area contributed by atoms with Gasteiger partial charge in [-0.05, 0) is 35.9 Å². The second-order valence-electron chi connectivity index (χ2n) is 3.39. The molecule has 0 fully saturated rings. The highest BCUT2D eigenvalue weighted by Gasteiger charge is 1.96. The molecule has 4 heteroatoms. The fraction of sp³-hybridized carbons (Fsp3) is 0.0833. The van der Waals surface area contributed by atoms with E-state index in [1.165, 1.54) is 0 Å². The van der Waals surface area contributed by atoms with Crippen molar-refractivity contribution in [2.24, 2.45) is 5.73 Å². The zero-order valence-electron chi connectivity index (χ0n) is 8.65. The van der Waals surface area contributed by atoms with E-state index in [0.717, 1.165) is 22.1 Å². The number of pyridine rings is 1. The number of aromatic nitrogens is 1. The predicted octanol–water partition coefficient (Wildman–Crippen LogP) is 2.94. The minimum absolute atomic E-state index is 0.508. The number of nitrogens with zero attached hydrogens (tertiary/aromatic N) is 1. The lowest BCUT2D eigenvalue weighted by atomic mass is 10.3. The van der Waals surface area contributed by atoms with Crippen molar-refractivity contribution in [2.75, 3.05) is 5.32 Å². The molecule has 0 atom stereocenters. The monoisotopic (exact) mass is 233 g/mol. The van der Waals surface area contributed by atoms with Crippen molar-refractivity contribution >= 4 is 23.1 Å². The lowest BCUT2D eigenvalue weighted by molar-refractivity contribution is 1.05. The molecule has 0 radical (unpaired) electrons. The van der Waals surface area contributed by atoms with E-state index in [0.29, 0.717) is 6.54 Å². The van der Waals surface area contributed by atoms with Crippen molar-refractivity contribution < 1.29 is 0 Å². The lowest BCUT2D eigenvalue weighted by Gasteiger charge is -2.05. The molecule has 16 heavy (non-hydrogen) atoms. The van der Waals surface area contributed by atoms with E-state index in [9.17, 15) is 0 Å². The van der Waals surface area contributed by atoms with E-state index in [-0.39, 0.29) is 0 Å². The molecule has 0 bridgehead atoms. The van der Waals surface area contributed by atoms with Gasteiger partial charge in [-0.3, -0.25) is 0 Å². The molecule has 3 nitrogen and oxygen atoms in total. The Bertz CT molecular complexity index is 451. The largest absolute Gasteiger partial charge is 0.340 e. The van der Waals surface area contributed by atoms with Gasteiger partial charge in [0, 0.05) is 23.5 Å². The Morgan fingerprint density at radius 3 is 2.44 bits per heavy atom. The molecule has 0 aliphatic carbocycles. The van der Waals surface area contributed by atoms with Gasteiger partial charge in [0.1, 0.15) is 5.82 Å². The quantitative estimate of drug-likeness (QED) is 0.857. The average Bonchev–Trinajstić information content (AvgIpc) is 2.33. The summed E-state index contributed by atoms with van der Waals surface area (Å²) < 4.78 is 0. The van der Waals surface area contributed by atoms with E-state index in [4.69, 9.17) is 17.3 Å². The van der Waals surface area contributed by atoms with Crippen LogP contribution in [0.5, 0.6) is 0 Å². The van der Waals surface area contributed by atoms with Crippen LogP contribution in [0, 0.1) is 0 Å². The molecule has 0 saturated heterocycles. The number of hydrogen-bond donors (Lipinski definition) is 2. The third-order valence-corrected chi connectivity index (χ3v) is 2.43. The molecular weight excluding hydrogens is 222 g/mol. The molecule has 2 aromatic rings. The summed E-state index contributed by atoms with van der Waals surface area (Å²) in [5.41, 5.74) is 7.47. The number of benzene rings is 1. The van der Waals surface area contributed by atoms with Crippen molar-refractivity contribution in [3.05, 3.63) is 53.2 Å². The van der Waals surface area contributed by atoms with Crippen LogP contribution in [0.3, 0.4) is 0 Å². The summed E-state index contributed by atoms with van der Waals surface area (Å²) in [5, 5.41) is 3.89. The van der Waals surface area contributed by atoms with E-state index < -0.39 is 0 Å². The van der Waals surface area contributed by atoms with Crippen LogP contribution in [0.15, 0.2) is 42.6 Å². The molecule has 1 aromatic carbocycles. The summed E-state index contributed by atoms with van der Waals surface area (Å²) in [6.07, 6.45) is 1.76. The minimum atomic E-state index is 0.508. The van der Waals surface area contributed by atoms with Crippen LogP contribution in [0.4, 0.5) is 11.5 Å². The Balaban J connectivity index is 2.11. The third kappa shape index (κ3) is 2.72. The number of hydrogen-bond acceptors (Lipinski definition) is 3. The van der Waals surface area contributed by atoms with Crippen LogP contribution in [0.1, 0.15) is 5.56 Å². The van der Waals surface area contributed by atoms with Crippen LogP contribution in [0.2, 0.25) is 5.02 Å². The normalized spacial score (nSPS) is 10.1. The van der Waals surface area contributed by atoms with Crippen LogP contribution < -0.4 is 11.1 Å². The van der Waals surface area contributed by atoms with Crippen molar-refractivity contribution in [3.63, 3.8) is 0 Å².